The summed E-state index contributed by atoms with van der Waals surface area (Å²) in [6.45, 7) is 6.93. The molecule has 0 saturated carbocycles. The second-order valence-corrected chi connectivity index (χ2v) is 4.41. The van der Waals surface area contributed by atoms with Gasteiger partial charge in [0.15, 0.2) is 0 Å². The van der Waals surface area contributed by atoms with Crippen molar-refractivity contribution in [3.63, 3.8) is 0 Å². The number of hydrogen-bond donors (Lipinski definition) is 1. The van der Waals surface area contributed by atoms with Gasteiger partial charge in [0.2, 0.25) is 5.91 Å². The zero-order valence-corrected chi connectivity index (χ0v) is 11.6. The normalized spacial score (nSPS) is 20.0. The fraction of sp³-hybridized carbons (Fsp3) is 0.533. The highest BCUT2D eigenvalue weighted by molar-refractivity contribution is 5.83. The van der Waals surface area contributed by atoms with Crippen molar-refractivity contribution < 1.29 is 4.79 Å². The standard InChI is InChI=1S/C13H18N2O.C2H6/c1-10-6-5-9-15(10)13(16)12(14)11-7-3-2-4-8-11;1-2/h2-4,7-8,10,12H,5-6,9,14H2,1H3;1-2H3. The van der Waals surface area contributed by atoms with Gasteiger partial charge in [0.05, 0.1) is 0 Å². The van der Waals surface area contributed by atoms with Gasteiger partial charge in [-0.25, -0.2) is 0 Å². The van der Waals surface area contributed by atoms with Crippen LogP contribution in [0.1, 0.15) is 45.2 Å². The molecule has 1 aliphatic rings. The summed E-state index contributed by atoms with van der Waals surface area (Å²) < 4.78 is 0. The van der Waals surface area contributed by atoms with Crippen LogP contribution in [-0.2, 0) is 4.79 Å². The average Bonchev–Trinajstić information content (AvgIpc) is 2.86. The maximum Gasteiger partial charge on any atom is 0.244 e. The third-order valence-corrected chi connectivity index (χ3v) is 3.26. The van der Waals surface area contributed by atoms with Crippen LogP contribution in [0.25, 0.3) is 0 Å². The van der Waals surface area contributed by atoms with Gasteiger partial charge in [-0.2, -0.15) is 0 Å². The Labute approximate surface area is 110 Å². The maximum absolute atomic E-state index is 12.2. The first-order chi connectivity index (χ1) is 8.70. The highest BCUT2D eigenvalue weighted by atomic mass is 16.2. The van der Waals surface area contributed by atoms with Crippen molar-refractivity contribution in [3.05, 3.63) is 35.9 Å². The molecule has 2 rings (SSSR count). The van der Waals surface area contributed by atoms with Gasteiger partial charge in [-0.3, -0.25) is 4.79 Å². The Kier molecular flexibility index (Phi) is 5.86. The fourth-order valence-corrected chi connectivity index (χ4v) is 2.24. The van der Waals surface area contributed by atoms with Crippen molar-refractivity contribution in [1.82, 2.24) is 4.90 Å². The molecule has 1 aliphatic heterocycles. The van der Waals surface area contributed by atoms with Crippen molar-refractivity contribution in [2.75, 3.05) is 6.54 Å². The van der Waals surface area contributed by atoms with Crippen molar-refractivity contribution in [1.29, 1.82) is 0 Å². The largest absolute Gasteiger partial charge is 0.338 e. The van der Waals surface area contributed by atoms with E-state index in [4.69, 9.17) is 5.73 Å². The van der Waals surface area contributed by atoms with E-state index in [2.05, 4.69) is 6.92 Å². The summed E-state index contributed by atoms with van der Waals surface area (Å²) >= 11 is 0. The molecule has 0 bridgehead atoms. The van der Waals surface area contributed by atoms with E-state index in [1.807, 2.05) is 49.1 Å². The summed E-state index contributed by atoms with van der Waals surface area (Å²) in [4.78, 5) is 14.1. The van der Waals surface area contributed by atoms with Crippen LogP contribution in [0.4, 0.5) is 0 Å². The second kappa shape index (κ2) is 7.17. The topological polar surface area (TPSA) is 46.3 Å². The number of likely N-dealkylation sites (tertiary alicyclic amines) is 1. The second-order valence-electron chi connectivity index (χ2n) is 4.41. The molecule has 0 aliphatic carbocycles. The number of amides is 1. The van der Waals surface area contributed by atoms with Crippen molar-refractivity contribution in [2.45, 2.75) is 45.7 Å². The molecule has 0 radical (unpaired) electrons. The molecular weight excluding hydrogens is 224 g/mol. The molecule has 3 heteroatoms. The minimum atomic E-state index is -0.512. The van der Waals surface area contributed by atoms with E-state index < -0.39 is 6.04 Å². The molecule has 1 aromatic rings. The third-order valence-electron chi connectivity index (χ3n) is 3.26. The summed E-state index contributed by atoms with van der Waals surface area (Å²) in [6, 6.07) is 9.39. The van der Waals surface area contributed by atoms with E-state index in [0.29, 0.717) is 6.04 Å². The Hall–Kier alpha value is -1.35. The van der Waals surface area contributed by atoms with Gasteiger partial charge >= 0.3 is 0 Å². The van der Waals surface area contributed by atoms with Gasteiger partial charge in [0, 0.05) is 12.6 Å². The smallest absolute Gasteiger partial charge is 0.244 e. The predicted octanol–water partition coefficient (Wildman–Crippen LogP) is 2.72. The number of rotatable bonds is 2. The molecule has 18 heavy (non-hydrogen) atoms. The quantitative estimate of drug-likeness (QED) is 0.874. The molecule has 2 N–H and O–H groups in total. The highest BCUT2D eigenvalue weighted by Gasteiger charge is 2.29. The van der Waals surface area contributed by atoms with E-state index in [1.54, 1.807) is 0 Å². The summed E-state index contributed by atoms with van der Waals surface area (Å²) in [7, 11) is 0. The van der Waals surface area contributed by atoms with Crippen molar-refractivity contribution in [2.24, 2.45) is 5.73 Å². The third kappa shape index (κ3) is 3.33. The molecular formula is C15H24N2O. The van der Waals surface area contributed by atoms with E-state index in [0.717, 1.165) is 24.9 Å². The fourth-order valence-electron chi connectivity index (χ4n) is 2.24. The summed E-state index contributed by atoms with van der Waals surface area (Å²) in [6.07, 6.45) is 2.18. The first kappa shape index (κ1) is 14.7. The van der Waals surface area contributed by atoms with Gasteiger partial charge in [0.25, 0.3) is 0 Å². The van der Waals surface area contributed by atoms with E-state index >= 15 is 0 Å². The van der Waals surface area contributed by atoms with E-state index in [-0.39, 0.29) is 5.91 Å². The lowest BCUT2D eigenvalue weighted by molar-refractivity contribution is -0.133. The summed E-state index contributed by atoms with van der Waals surface area (Å²) in [5.74, 6) is 0.0520. The molecule has 1 amide bonds. The summed E-state index contributed by atoms with van der Waals surface area (Å²) in [5, 5.41) is 0. The van der Waals surface area contributed by atoms with Gasteiger partial charge in [-0.15, -0.1) is 0 Å². The number of carbonyl (C=O) groups is 1. The minimum absolute atomic E-state index is 0.0520. The Morgan fingerprint density at radius 3 is 2.44 bits per heavy atom. The average molecular weight is 248 g/mol. The lowest BCUT2D eigenvalue weighted by Gasteiger charge is -2.25. The van der Waals surface area contributed by atoms with Crippen LogP contribution < -0.4 is 5.73 Å². The zero-order valence-electron chi connectivity index (χ0n) is 11.6. The molecule has 2 atom stereocenters. The number of hydrogen-bond acceptors (Lipinski definition) is 2. The van der Waals surface area contributed by atoms with Gasteiger partial charge < -0.3 is 10.6 Å². The molecule has 0 spiro atoms. The zero-order chi connectivity index (χ0) is 13.5. The number of benzene rings is 1. The molecule has 0 aromatic heterocycles. The summed E-state index contributed by atoms with van der Waals surface area (Å²) in [5.41, 5.74) is 6.88. The van der Waals surface area contributed by atoms with Gasteiger partial charge in [-0.1, -0.05) is 44.2 Å². The molecule has 3 nitrogen and oxygen atoms in total. The Morgan fingerprint density at radius 1 is 1.33 bits per heavy atom. The molecule has 1 aromatic carbocycles. The molecule has 100 valence electrons. The van der Waals surface area contributed by atoms with Crippen LogP contribution in [0.2, 0.25) is 0 Å². The van der Waals surface area contributed by atoms with Crippen LogP contribution in [-0.4, -0.2) is 23.4 Å². The van der Waals surface area contributed by atoms with Crippen LogP contribution in [0, 0.1) is 0 Å². The van der Waals surface area contributed by atoms with Crippen LogP contribution in [0.3, 0.4) is 0 Å². The first-order valence-corrected chi connectivity index (χ1v) is 6.81. The molecule has 2 unspecified atom stereocenters. The van der Waals surface area contributed by atoms with Gasteiger partial charge in [-0.05, 0) is 25.3 Å². The van der Waals surface area contributed by atoms with Crippen LogP contribution >= 0.6 is 0 Å². The molecule has 1 saturated heterocycles. The Bertz CT molecular complexity index is 364. The lowest BCUT2D eigenvalue weighted by atomic mass is 10.1. The SMILES string of the molecule is CC.CC1CCCN1C(=O)C(N)c1ccccc1. The molecule has 1 heterocycles. The number of nitrogens with zero attached hydrogens (tertiary/aromatic N) is 1. The van der Waals surface area contributed by atoms with Crippen molar-refractivity contribution in [3.8, 4) is 0 Å². The predicted molar refractivity (Wildman–Crippen MR) is 75.1 cm³/mol. The van der Waals surface area contributed by atoms with Crippen LogP contribution in [0.15, 0.2) is 30.3 Å². The van der Waals surface area contributed by atoms with E-state index in [1.165, 1.54) is 0 Å². The minimum Gasteiger partial charge on any atom is -0.338 e. The van der Waals surface area contributed by atoms with Crippen molar-refractivity contribution >= 4 is 5.91 Å². The molecule has 1 fully saturated rings. The Morgan fingerprint density at radius 2 is 1.94 bits per heavy atom. The highest BCUT2D eigenvalue weighted by Crippen LogP contribution is 2.21. The van der Waals surface area contributed by atoms with Crippen LogP contribution in [0.5, 0.6) is 0 Å². The van der Waals surface area contributed by atoms with E-state index in [9.17, 15) is 4.79 Å². The van der Waals surface area contributed by atoms with Gasteiger partial charge in [0.1, 0.15) is 6.04 Å². The maximum atomic E-state index is 12.2. The lowest BCUT2D eigenvalue weighted by Crippen LogP contribution is -2.40. The first-order valence-electron chi connectivity index (χ1n) is 6.81. The Balaban J connectivity index is 0.000000771. The number of carbonyl (C=O) groups excluding carboxylic acids is 1. The monoisotopic (exact) mass is 248 g/mol. The number of nitrogens with two attached hydrogens (primary N) is 1.